The fourth-order valence-corrected chi connectivity index (χ4v) is 1.89. The molecule has 1 aromatic carbocycles. The number of carbonyl (C=O) groups excluding carboxylic acids is 1. The van der Waals surface area contributed by atoms with E-state index in [2.05, 4.69) is 52.2 Å². The summed E-state index contributed by atoms with van der Waals surface area (Å²) >= 11 is 2.28. The molecule has 1 atom stereocenters. The van der Waals surface area contributed by atoms with Crippen LogP contribution in [-0.4, -0.2) is 17.7 Å². The molecule has 0 heterocycles. The molecule has 0 fully saturated rings. The van der Waals surface area contributed by atoms with Gasteiger partial charge < -0.3 is 10.1 Å². The van der Waals surface area contributed by atoms with E-state index in [-0.39, 0.29) is 12.1 Å². The zero-order valence-corrected chi connectivity index (χ0v) is 13.4. The van der Waals surface area contributed by atoms with Crippen LogP contribution in [0.2, 0.25) is 0 Å². The number of rotatable bonds is 3. The normalized spacial score (nSPS) is 12.9. The number of hydrogen-bond donors (Lipinski definition) is 1. The second-order valence-corrected chi connectivity index (χ2v) is 6.62. The number of nitrogens with one attached hydrogen (secondary N) is 1. The lowest BCUT2D eigenvalue weighted by atomic mass is 10.1. The molecule has 0 aliphatic rings. The predicted octanol–water partition coefficient (Wildman–Crippen LogP) is 3.75. The van der Waals surface area contributed by atoms with Crippen LogP contribution in [0.1, 0.15) is 33.3 Å². The van der Waals surface area contributed by atoms with Crippen molar-refractivity contribution in [1.82, 2.24) is 5.32 Å². The number of carbonyl (C=O) groups is 1. The molecule has 4 heteroatoms. The molecule has 0 bridgehead atoms. The predicted molar refractivity (Wildman–Crippen MR) is 81.7 cm³/mol. The molecule has 1 amide bonds. The molecule has 100 valence electrons. The van der Waals surface area contributed by atoms with Crippen LogP contribution < -0.4 is 5.32 Å². The molecule has 0 aromatic heterocycles. The van der Waals surface area contributed by atoms with Crippen LogP contribution in [-0.2, 0) is 11.2 Å². The number of alkyl carbamates (subject to hydrolysis) is 1. The number of amides is 1. The summed E-state index contributed by atoms with van der Waals surface area (Å²) in [6.45, 7) is 7.55. The summed E-state index contributed by atoms with van der Waals surface area (Å²) in [6, 6.07) is 8.34. The highest BCUT2D eigenvalue weighted by atomic mass is 127. The quantitative estimate of drug-likeness (QED) is 0.833. The smallest absolute Gasteiger partial charge is 0.407 e. The van der Waals surface area contributed by atoms with Crippen LogP contribution in [0.25, 0.3) is 0 Å². The minimum Gasteiger partial charge on any atom is -0.444 e. The second kappa shape index (κ2) is 6.41. The van der Waals surface area contributed by atoms with Crippen molar-refractivity contribution in [3.63, 3.8) is 0 Å². The first-order valence-corrected chi connectivity index (χ1v) is 7.08. The fraction of sp³-hybridized carbons (Fsp3) is 0.500. The highest BCUT2D eigenvalue weighted by Gasteiger charge is 2.17. The van der Waals surface area contributed by atoms with Crippen molar-refractivity contribution in [2.45, 2.75) is 45.8 Å². The molecule has 1 N–H and O–H groups in total. The Morgan fingerprint density at radius 3 is 2.39 bits per heavy atom. The molecule has 0 spiro atoms. The minimum atomic E-state index is -0.452. The summed E-state index contributed by atoms with van der Waals surface area (Å²) < 4.78 is 6.43. The third-order valence-corrected chi connectivity index (χ3v) is 2.94. The zero-order chi connectivity index (χ0) is 13.8. The van der Waals surface area contributed by atoms with Crippen LogP contribution >= 0.6 is 22.6 Å². The van der Waals surface area contributed by atoms with Crippen LogP contribution in [0.3, 0.4) is 0 Å². The van der Waals surface area contributed by atoms with Gasteiger partial charge in [-0.05, 0) is 74.4 Å². The monoisotopic (exact) mass is 361 g/mol. The maximum atomic E-state index is 11.6. The van der Waals surface area contributed by atoms with Crippen molar-refractivity contribution in [3.05, 3.63) is 33.4 Å². The Labute approximate surface area is 122 Å². The van der Waals surface area contributed by atoms with E-state index < -0.39 is 5.60 Å². The van der Waals surface area contributed by atoms with Crippen LogP contribution in [0.15, 0.2) is 24.3 Å². The number of benzene rings is 1. The first-order chi connectivity index (χ1) is 8.26. The summed E-state index contributed by atoms with van der Waals surface area (Å²) in [5, 5.41) is 2.84. The van der Waals surface area contributed by atoms with Gasteiger partial charge in [0.2, 0.25) is 0 Å². The lowest BCUT2D eigenvalue weighted by Crippen LogP contribution is -2.38. The number of hydrogen-bond acceptors (Lipinski definition) is 2. The Bertz CT molecular complexity index is 395. The standard InChI is InChI=1S/C14H20INO2/c1-10(16-13(17)18-14(2,3)4)9-11-5-7-12(15)8-6-11/h5-8,10H,9H2,1-4H3,(H,16,17). The van der Waals surface area contributed by atoms with Crippen molar-refractivity contribution in [3.8, 4) is 0 Å². The Morgan fingerprint density at radius 2 is 1.89 bits per heavy atom. The van der Waals surface area contributed by atoms with Gasteiger partial charge in [0.15, 0.2) is 0 Å². The zero-order valence-electron chi connectivity index (χ0n) is 11.3. The molecule has 0 aliphatic heterocycles. The van der Waals surface area contributed by atoms with Crippen molar-refractivity contribution >= 4 is 28.7 Å². The molecule has 0 aliphatic carbocycles. The number of halogens is 1. The molecule has 3 nitrogen and oxygen atoms in total. The van der Waals surface area contributed by atoms with Gasteiger partial charge in [-0.2, -0.15) is 0 Å². The Balaban J connectivity index is 2.44. The lowest BCUT2D eigenvalue weighted by Gasteiger charge is -2.22. The van der Waals surface area contributed by atoms with E-state index in [4.69, 9.17) is 4.74 Å². The summed E-state index contributed by atoms with van der Waals surface area (Å²) in [4.78, 5) is 11.6. The van der Waals surface area contributed by atoms with Crippen molar-refractivity contribution in [2.75, 3.05) is 0 Å². The third-order valence-electron chi connectivity index (χ3n) is 2.22. The van der Waals surface area contributed by atoms with Gasteiger partial charge in [-0.25, -0.2) is 4.79 Å². The Kier molecular flexibility index (Phi) is 5.44. The summed E-state index contributed by atoms with van der Waals surface area (Å²) in [5.41, 5.74) is 0.756. The summed E-state index contributed by atoms with van der Waals surface area (Å²) in [5.74, 6) is 0. The van der Waals surface area contributed by atoms with E-state index in [0.29, 0.717) is 0 Å². The maximum Gasteiger partial charge on any atom is 0.407 e. The average Bonchev–Trinajstić information content (AvgIpc) is 2.18. The molecule has 18 heavy (non-hydrogen) atoms. The van der Waals surface area contributed by atoms with Gasteiger partial charge in [0.25, 0.3) is 0 Å². The van der Waals surface area contributed by atoms with Crippen LogP contribution in [0.5, 0.6) is 0 Å². The Morgan fingerprint density at radius 1 is 1.33 bits per heavy atom. The van der Waals surface area contributed by atoms with Gasteiger partial charge in [-0.15, -0.1) is 0 Å². The highest BCUT2D eigenvalue weighted by Crippen LogP contribution is 2.10. The largest absolute Gasteiger partial charge is 0.444 e. The van der Waals surface area contributed by atoms with Crippen molar-refractivity contribution in [2.24, 2.45) is 0 Å². The summed E-state index contributed by atoms with van der Waals surface area (Å²) in [6.07, 6.45) is 0.441. The third kappa shape index (κ3) is 6.23. The van der Waals surface area contributed by atoms with Crippen LogP contribution in [0, 0.1) is 3.57 Å². The maximum absolute atomic E-state index is 11.6. The van der Waals surface area contributed by atoms with E-state index in [0.717, 1.165) is 6.42 Å². The Hall–Kier alpha value is -0.780. The van der Waals surface area contributed by atoms with Crippen molar-refractivity contribution in [1.29, 1.82) is 0 Å². The second-order valence-electron chi connectivity index (χ2n) is 5.38. The molecule has 1 unspecified atom stereocenters. The van der Waals surface area contributed by atoms with Gasteiger partial charge >= 0.3 is 6.09 Å². The van der Waals surface area contributed by atoms with E-state index in [1.807, 2.05) is 27.7 Å². The highest BCUT2D eigenvalue weighted by molar-refractivity contribution is 14.1. The lowest BCUT2D eigenvalue weighted by molar-refractivity contribution is 0.0508. The first kappa shape index (κ1) is 15.3. The molecular weight excluding hydrogens is 341 g/mol. The molecule has 0 saturated carbocycles. The first-order valence-electron chi connectivity index (χ1n) is 6.00. The fourth-order valence-electron chi connectivity index (χ4n) is 1.53. The summed E-state index contributed by atoms with van der Waals surface area (Å²) in [7, 11) is 0. The van der Waals surface area contributed by atoms with Crippen LogP contribution in [0.4, 0.5) is 4.79 Å². The van der Waals surface area contributed by atoms with E-state index in [1.54, 1.807) is 0 Å². The molecule has 0 saturated heterocycles. The molecule has 1 aromatic rings. The van der Waals surface area contributed by atoms with Gasteiger partial charge in [-0.3, -0.25) is 0 Å². The van der Waals surface area contributed by atoms with E-state index in [9.17, 15) is 4.79 Å². The minimum absolute atomic E-state index is 0.0555. The number of ether oxygens (including phenoxy) is 1. The van der Waals surface area contributed by atoms with Crippen molar-refractivity contribution < 1.29 is 9.53 Å². The van der Waals surface area contributed by atoms with E-state index >= 15 is 0 Å². The SMILES string of the molecule is CC(Cc1ccc(I)cc1)NC(=O)OC(C)(C)C. The van der Waals surface area contributed by atoms with Gasteiger partial charge in [0.1, 0.15) is 5.60 Å². The molecule has 0 radical (unpaired) electrons. The van der Waals surface area contributed by atoms with Gasteiger partial charge in [0.05, 0.1) is 0 Å². The molecular formula is C14H20INO2. The van der Waals surface area contributed by atoms with E-state index in [1.165, 1.54) is 9.13 Å². The topological polar surface area (TPSA) is 38.3 Å². The van der Waals surface area contributed by atoms with Gasteiger partial charge in [0, 0.05) is 9.61 Å². The van der Waals surface area contributed by atoms with Gasteiger partial charge in [-0.1, -0.05) is 12.1 Å². The average molecular weight is 361 g/mol. The molecule has 1 rings (SSSR count).